The van der Waals surface area contributed by atoms with E-state index in [0.29, 0.717) is 6.04 Å². The highest BCUT2D eigenvalue weighted by Crippen LogP contribution is 2.36. The predicted octanol–water partition coefficient (Wildman–Crippen LogP) is 0.676. The first-order chi connectivity index (χ1) is 6.90. The molecule has 0 amide bonds. The molecule has 74 valence electrons. The molecule has 0 saturated heterocycles. The minimum atomic E-state index is 0.501. The zero-order valence-corrected chi connectivity index (χ0v) is 7.99. The third-order valence-corrected chi connectivity index (χ3v) is 2.98. The SMILES string of the molecule is O=Cc1c2c(nn1C1CC1)CNCC2. The molecular weight excluding hydrogens is 178 g/mol. The molecule has 1 N–H and O–H groups in total. The molecule has 1 aromatic rings. The smallest absolute Gasteiger partial charge is 0.168 e. The van der Waals surface area contributed by atoms with Crippen molar-refractivity contribution in [2.24, 2.45) is 0 Å². The Labute approximate surface area is 82.3 Å². The summed E-state index contributed by atoms with van der Waals surface area (Å²) in [5.74, 6) is 0. The Hall–Kier alpha value is -1.16. The number of aldehydes is 1. The first-order valence-corrected chi connectivity index (χ1v) is 5.16. The monoisotopic (exact) mass is 191 g/mol. The summed E-state index contributed by atoms with van der Waals surface area (Å²) >= 11 is 0. The van der Waals surface area contributed by atoms with Crippen molar-refractivity contribution in [2.75, 3.05) is 6.54 Å². The highest BCUT2D eigenvalue weighted by Gasteiger charge is 2.30. The second-order valence-corrected chi connectivity index (χ2v) is 4.03. The Morgan fingerprint density at radius 3 is 3.07 bits per heavy atom. The van der Waals surface area contributed by atoms with Crippen LogP contribution in [0.25, 0.3) is 0 Å². The molecule has 14 heavy (non-hydrogen) atoms. The van der Waals surface area contributed by atoms with E-state index in [0.717, 1.165) is 37.2 Å². The van der Waals surface area contributed by atoms with Gasteiger partial charge in [-0.3, -0.25) is 9.48 Å². The van der Waals surface area contributed by atoms with Gasteiger partial charge in [0.25, 0.3) is 0 Å². The van der Waals surface area contributed by atoms with E-state index >= 15 is 0 Å². The lowest BCUT2D eigenvalue weighted by atomic mass is 10.1. The van der Waals surface area contributed by atoms with E-state index in [2.05, 4.69) is 10.4 Å². The summed E-state index contributed by atoms with van der Waals surface area (Å²) in [6, 6.07) is 0.501. The van der Waals surface area contributed by atoms with Crippen molar-refractivity contribution in [1.82, 2.24) is 15.1 Å². The normalized spacial score (nSPS) is 20.6. The molecule has 1 aliphatic heterocycles. The molecule has 1 aliphatic carbocycles. The van der Waals surface area contributed by atoms with E-state index in [1.165, 1.54) is 18.4 Å². The Kier molecular flexibility index (Phi) is 1.70. The van der Waals surface area contributed by atoms with E-state index in [1.54, 1.807) is 0 Å². The van der Waals surface area contributed by atoms with Gasteiger partial charge in [-0.1, -0.05) is 0 Å². The summed E-state index contributed by atoms with van der Waals surface area (Å²) in [7, 11) is 0. The maximum Gasteiger partial charge on any atom is 0.168 e. The summed E-state index contributed by atoms with van der Waals surface area (Å²) in [6.07, 6.45) is 4.26. The van der Waals surface area contributed by atoms with Gasteiger partial charge in [-0.15, -0.1) is 0 Å². The van der Waals surface area contributed by atoms with Gasteiger partial charge in [0, 0.05) is 12.1 Å². The van der Waals surface area contributed by atoms with Crippen LogP contribution in [0.4, 0.5) is 0 Å². The molecule has 0 atom stereocenters. The number of rotatable bonds is 2. The summed E-state index contributed by atoms with van der Waals surface area (Å²) in [5.41, 5.74) is 3.07. The number of carbonyl (C=O) groups is 1. The highest BCUT2D eigenvalue weighted by atomic mass is 16.1. The van der Waals surface area contributed by atoms with Crippen molar-refractivity contribution in [3.8, 4) is 0 Å². The topological polar surface area (TPSA) is 46.9 Å². The van der Waals surface area contributed by atoms with E-state index in [9.17, 15) is 4.79 Å². The zero-order valence-electron chi connectivity index (χ0n) is 7.99. The summed E-state index contributed by atoms with van der Waals surface area (Å²) in [4.78, 5) is 11.0. The standard InChI is InChI=1S/C10H13N3O/c14-6-10-8-3-4-11-5-9(8)12-13(10)7-1-2-7/h6-7,11H,1-5H2. The van der Waals surface area contributed by atoms with Crippen LogP contribution in [-0.4, -0.2) is 22.6 Å². The number of nitrogens with zero attached hydrogens (tertiary/aromatic N) is 2. The number of hydrogen-bond acceptors (Lipinski definition) is 3. The molecule has 0 unspecified atom stereocenters. The second-order valence-electron chi connectivity index (χ2n) is 4.03. The lowest BCUT2D eigenvalue weighted by Gasteiger charge is -2.10. The van der Waals surface area contributed by atoms with E-state index in [1.807, 2.05) is 4.68 Å². The van der Waals surface area contributed by atoms with E-state index in [4.69, 9.17) is 0 Å². The molecule has 4 heteroatoms. The molecule has 1 aromatic heterocycles. The largest absolute Gasteiger partial charge is 0.311 e. The maximum atomic E-state index is 11.0. The van der Waals surface area contributed by atoms with Gasteiger partial charge in [0.2, 0.25) is 0 Å². The average Bonchev–Trinajstić information content (AvgIpc) is 2.99. The summed E-state index contributed by atoms with van der Waals surface area (Å²) < 4.78 is 1.94. The number of hydrogen-bond donors (Lipinski definition) is 1. The van der Waals surface area contributed by atoms with E-state index in [-0.39, 0.29) is 0 Å². The molecule has 4 nitrogen and oxygen atoms in total. The average molecular weight is 191 g/mol. The van der Waals surface area contributed by atoms with Crippen molar-refractivity contribution in [3.63, 3.8) is 0 Å². The van der Waals surface area contributed by atoms with Crippen molar-refractivity contribution >= 4 is 6.29 Å². The molecule has 3 rings (SSSR count). The Balaban J connectivity index is 2.11. The van der Waals surface area contributed by atoms with Crippen molar-refractivity contribution in [2.45, 2.75) is 31.8 Å². The predicted molar refractivity (Wildman–Crippen MR) is 51.3 cm³/mol. The number of carbonyl (C=O) groups excluding carboxylic acids is 1. The van der Waals surface area contributed by atoms with Crippen LogP contribution in [0, 0.1) is 0 Å². The van der Waals surface area contributed by atoms with Gasteiger partial charge in [0.15, 0.2) is 6.29 Å². The maximum absolute atomic E-state index is 11.0. The second kappa shape index (κ2) is 2.92. The van der Waals surface area contributed by atoms with Gasteiger partial charge < -0.3 is 5.32 Å². The Morgan fingerprint density at radius 1 is 1.50 bits per heavy atom. The van der Waals surface area contributed by atoms with Gasteiger partial charge in [-0.25, -0.2) is 0 Å². The quantitative estimate of drug-likeness (QED) is 0.699. The Bertz CT molecular complexity index is 379. The summed E-state index contributed by atoms with van der Waals surface area (Å²) in [6.45, 7) is 1.78. The first-order valence-electron chi connectivity index (χ1n) is 5.16. The van der Waals surface area contributed by atoms with Gasteiger partial charge in [-0.2, -0.15) is 5.10 Å². The van der Waals surface area contributed by atoms with Gasteiger partial charge in [-0.05, 0) is 25.8 Å². The van der Waals surface area contributed by atoms with Crippen LogP contribution in [0.15, 0.2) is 0 Å². The third-order valence-electron chi connectivity index (χ3n) is 2.98. The molecule has 0 aromatic carbocycles. The number of nitrogens with one attached hydrogen (secondary N) is 1. The van der Waals surface area contributed by atoms with Crippen LogP contribution < -0.4 is 5.32 Å². The molecule has 2 heterocycles. The molecule has 1 saturated carbocycles. The van der Waals surface area contributed by atoms with Crippen molar-refractivity contribution in [3.05, 3.63) is 17.0 Å². The summed E-state index contributed by atoms with van der Waals surface area (Å²) in [5, 5.41) is 7.78. The molecule has 0 radical (unpaired) electrons. The van der Waals surface area contributed by atoms with Crippen LogP contribution >= 0.6 is 0 Å². The van der Waals surface area contributed by atoms with Crippen LogP contribution in [0.5, 0.6) is 0 Å². The van der Waals surface area contributed by atoms with Gasteiger partial charge in [0.05, 0.1) is 11.7 Å². The van der Waals surface area contributed by atoms with Crippen molar-refractivity contribution < 1.29 is 4.79 Å². The van der Waals surface area contributed by atoms with Crippen molar-refractivity contribution in [1.29, 1.82) is 0 Å². The van der Waals surface area contributed by atoms with Crippen LogP contribution in [0.1, 0.15) is 40.6 Å². The fourth-order valence-corrected chi connectivity index (χ4v) is 2.09. The first kappa shape index (κ1) is 8.17. The third kappa shape index (κ3) is 1.10. The van der Waals surface area contributed by atoms with Crippen LogP contribution in [0.2, 0.25) is 0 Å². The van der Waals surface area contributed by atoms with Crippen LogP contribution in [-0.2, 0) is 13.0 Å². The lowest BCUT2D eigenvalue weighted by molar-refractivity contribution is 0.111. The number of aromatic nitrogens is 2. The fraction of sp³-hybridized carbons (Fsp3) is 0.600. The van der Waals surface area contributed by atoms with E-state index < -0.39 is 0 Å². The molecule has 0 spiro atoms. The fourth-order valence-electron chi connectivity index (χ4n) is 2.09. The van der Waals surface area contributed by atoms with Gasteiger partial charge in [0.1, 0.15) is 5.69 Å². The number of fused-ring (bicyclic) bond motifs is 1. The molecule has 1 fully saturated rings. The molecular formula is C10H13N3O. The zero-order chi connectivity index (χ0) is 9.54. The van der Waals surface area contributed by atoms with Crippen LogP contribution in [0.3, 0.4) is 0 Å². The minimum Gasteiger partial charge on any atom is -0.311 e. The highest BCUT2D eigenvalue weighted by molar-refractivity contribution is 5.75. The Morgan fingerprint density at radius 2 is 2.36 bits per heavy atom. The lowest BCUT2D eigenvalue weighted by Crippen LogP contribution is -2.23. The molecule has 2 aliphatic rings. The molecule has 0 bridgehead atoms. The van der Waals surface area contributed by atoms with Gasteiger partial charge >= 0.3 is 0 Å². The minimum absolute atomic E-state index is 0.501.